The molecule has 2 N–H and O–H groups in total. The van der Waals surface area contributed by atoms with Gasteiger partial charge >= 0.3 is 6.03 Å². The topological polar surface area (TPSA) is 97.3 Å². The van der Waals surface area contributed by atoms with Gasteiger partial charge in [0, 0.05) is 18.7 Å². The van der Waals surface area contributed by atoms with Crippen molar-refractivity contribution in [2.75, 3.05) is 0 Å². The van der Waals surface area contributed by atoms with E-state index in [1.54, 1.807) is 24.3 Å². The fraction of sp³-hybridized carbons (Fsp3) is 0.200. The van der Waals surface area contributed by atoms with Gasteiger partial charge in [-0.1, -0.05) is 24.3 Å². The van der Waals surface area contributed by atoms with E-state index in [4.69, 9.17) is 0 Å². The summed E-state index contributed by atoms with van der Waals surface area (Å²) in [5.74, 6) is -0.920. The minimum atomic E-state index is -0.816. The van der Waals surface area contributed by atoms with Crippen LogP contribution in [0, 0.1) is 0 Å². The first-order valence-corrected chi connectivity index (χ1v) is 6.80. The highest BCUT2D eigenvalue weighted by Crippen LogP contribution is 2.10. The summed E-state index contributed by atoms with van der Waals surface area (Å²) >= 11 is 0. The Hall–Kier alpha value is -2.96. The van der Waals surface area contributed by atoms with Gasteiger partial charge in [-0.15, -0.1) is 0 Å². The van der Waals surface area contributed by atoms with Crippen LogP contribution in [0.25, 0.3) is 10.8 Å². The lowest BCUT2D eigenvalue weighted by Gasteiger charge is -2.21. The fourth-order valence-electron chi connectivity index (χ4n) is 2.37. The van der Waals surface area contributed by atoms with Crippen LogP contribution in [0.3, 0.4) is 0 Å². The molecule has 0 bridgehead atoms. The number of hydrogen-bond donors (Lipinski definition) is 2. The van der Waals surface area contributed by atoms with Crippen molar-refractivity contribution in [1.29, 1.82) is 0 Å². The van der Waals surface area contributed by atoms with E-state index in [0.29, 0.717) is 0 Å². The lowest BCUT2D eigenvalue weighted by Crippen LogP contribution is -2.53. The molecule has 1 unspecified atom stereocenters. The number of fused-ring (bicyclic) bond motifs is 1. The summed E-state index contributed by atoms with van der Waals surface area (Å²) in [6, 6.07) is 7.02. The van der Waals surface area contributed by atoms with Gasteiger partial charge in [-0.25, -0.2) is 9.36 Å². The number of nitrogens with zero attached hydrogens (tertiary/aromatic N) is 1. The first kappa shape index (κ1) is 14.0. The quantitative estimate of drug-likeness (QED) is 0.743. The number of pyridine rings is 1. The van der Waals surface area contributed by atoms with Crippen LogP contribution in [-0.4, -0.2) is 28.5 Å². The number of nitrogens with one attached hydrogen (secondary N) is 2. The van der Waals surface area contributed by atoms with Crippen molar-refractivity contribution in [2.45, 2.75) is 18.9 Å². The lowest BCUT2D eigenvalue weighted by atomic mass is 10.1. The van der Waals surface area contributed by atoms with Crippen LogP contribution in [0.2, 0.25) is 0 Å². The average Bonchev–Trinajstić information content (AvgIpc) is 2.49. The molecule has 2 heterocycles. The Labute approximate surface area is 124 Å². The van der Waals surface area contributed by atoms with Gasteiger partial charge in [0.25, 0.3) is 5.56 Å². The molecule has 0 spiro atoms. The molecule has 1 saturated heterocycles. The van der Waals surface area contributed by atoms with E-state index in [2.05, 4.69) is 10.6 Å². The maximum absolute atomic E-state index is 12.2. The zero-order valence-corrected chi connectivity index (χ0v) is 11.5. The van der Waals surface area contributed by atoms with Crippen LogP contribution in [0.5, 0.6) is 0 Å². The van der Waals surface area contributed by atoms with Crippen molar-refractivity contribution < 1.29 is 14.4 Å². The maximum Gasteiger partial charge on any atom is 0.329 e. The van der Waals surface area contributed by atoms with Gasteiger partial charge in [0.15, 0.2) is 0 Å². The molecule has 1 aromatic heterocycles. The highest BCUT2D eigenvalue weighted by Gasteiger charge is 2.28. The average molecular weight is 299 g/mol. The predicted octanol–water partition coefficient (Wildman–Crippen LogP) is 0.364. The van der Waals surface area contributed by atoms with E-state index in [1.807, 2.05) is 0 Å². The Kier molecular flexibility index (Phi) is 3.46. The van der Waals surface area contributed by atoms with E-state index < -0.39 is 23.5 Å². The van der Waals surface area contributed by atoms with Crippen LogP contribution in [0.1, 0.15) is 12.8 Å². The van der Waals surface area contributed by atoms with Crippen molar-refractivity contribution >= 4 is 28.6 Å². The Balaban J connectivity index is 1.86. The van der Waals surface area contributed by atoms with Crippen molar-refractivity contribution in [2.24, 2.45) is 0 Å². The van der Waals surface area contributed by atoms with E-state index in [1.165, 1.54) is 12.3 Å². The lowest BCUT2D eigenvalue weighted by molar-refractivity contribution is -0.134. The number of imide groups is 1. The first-order valence-electron chi connectivity index (χ1n) is 6.80. The Bertz CT molecular complexity index is 840. The summed E-state index contributed by atoms with van der Waals surface area (Å²) in [6.45, 7) is 0. The molecule has 1 atom stereocenters. The molecule has 7 nitrogen and oxygen atoms in total. The van der Waals surface area contributed by atoms with E-state index >= 15 is 0 Å². The molecular formula is C15H13N3O4. The van der Waals surface area contributed by atoms with Crippen molar-refractivity contribution in [3.63, 3.8) is 0 Å². The van der Waals surface area contributed by atoms with Gasteiger partial charge in [-0.2, -0.15) is 0 Å². The van der Waals surface area contributed by atoms with Crippen molar-refractivity contribution in [3.8, 4) is 0 Å². The summed E-state index contributed by atoms with van der Waals surface area (Å²) in [5.41, 5.74) is -0.483. The Morgan fingerprint density at radius 1 is 1.18 bits per heavy atom. The van der Waals surface area contributed by atoms with Gasteiger partial charge in [-0.05, 0) is 17.2 Å². The molecule has 1 aliphatic heterocycles. The summed E-state index contributed by atoms with van der Waals surface area (Å²) < 4.78 is 0.923. The van der Waals surface area contributed by atoms with Crippen LogP contribution >= 0.6 is 0 Å². The molecule has 1 aliphatic rings. The van der Waals surface area contributed by atoms with E-state index in [0.717, 1.165) is 15.3 Å². The third-order valence-electron chi connectivity index (χ3n) is 3.54. The summed E-state index contributed by atoms with van der Waals surface area (Å²) in [6.07, 6.45) is 1.81. The monoisotopic (exact) mass is 299 g/mol. The summed E-state index contributed by atoms with van der Waals surface area (Å²) in [5, 5.41) is 6.09. The van der Waals surface area contributed by atoms with Gasteiger partial charge in [0.05, 0.1) is 0 Å². The molecule has 2 aromatic rings. The van der Waals surface area contributed by atoms with Gasteiger partial charge in [0.1, 0.15) is 6.04 Å². The Morgan fingerprint density at radius 3 is 2.64 bits per heavy atom. The van der Waals surface area contributed by atoms with Crippen LogP contribution < -0.4 is 16.2 Å². The smallest absolute Gasteiger partial charge is 0.325 e. The number of carbonyl (C=O) groups excluding carboxylic acids is 3. The molecule has 3 amide bonds. The number of aromatic nitrogens is 1. The zero-order valence-electron chi connectivity index (χ0n) is 11.5. The third kappa shape index (κ3) is 2.60. The SMILES string of the molecule is O=C1CCC(NC(=O)n2cc3ccccc3cc2=O)C(=O)N1. The molecule has 1 fully saturated rings. The van der Waals surface area contributed by atoms with Gasteiger partial charge in [0.2, 0.25) is 11.8 Å². The second-order valence-corrected chi connectivity index (χ2v) is 5.06. The number of piperidine rings is 1. The van der Waals surface area contributed by atoms with Crippen LogP contribution in [0.4, 0.5) is 4.79 Å². The third-order valence-corrected chi connectivity index (χ3v) is 3.54. The van der Waals surface area contributed by atoms with Crippen molar-refractivity contribution in [1.82, 2.24) is 15.2 Å². The molecule has 0 aliphatic carbocycles. The molecule has 1 aromatic carbocycles. The predicted molar refractivity (Wildman–Crippen MR) is 78.3 cm³/mol. The highest BCUT2D eigenvalue weighted by atomic mass is 16.2. The standard InChI is InChI=1S/C15H13N3O4/c19-12-6-5-11(14(21)17-12)16-15(22)18-8-10-4-2-1-3-9(10)7-13(18)20/h1-4,7-8,11H,5-6H2,(H,16,22)(H,17,19,21). The number of rotatable bonds is 1. The highest BCUT2D eigenvalue weighted by molar-refractivity contribution is 6.01. The van der Waals surface area contributed by atoms with Gasteiger partial charge < -0.3 is 5.32 Å². The first-order chi connectivity index (χ1) is 10.5. The zero-order chi connectivity index (χ0) is 15.7. The summed E-state index contributed by atoms with van der Waals surface area (Å²) in [4.78, 5) is 46.9. The largest absolute Gasteiger partial charge is 0.329 e. The minimum Gasteiger partial charge on any atom is -0.325 e. The van der Waals surface area contributed by atoms with Gasteiger partial charge in [-0.3, -0.25) is 19.7 Å². The molecule has 7 heteroatoms. The fourth-order valence-corrected chi connectivity index (χ4v) is 2.37. The second-order valence-electron chi connectivity index (χ2n) is 5.06. The van der Waals surface area contributed by atoms with E-state index in [-0.39, 0.29) is 18.7 Å². The molecule has 22 heavy (non-hydrogen) atoms. The van der Waals surface area contributed by atoms with Crippen LogP contribution in [0.15, 0.2) is 41.3 Å². The number of amides is 3. The molecule has 3 rings (SSSR count). The molecule has 112 valence electrons. The molecular weight excluding hydrogens is 286 g/mol. The van der Waals surface area contributed by atoms with Crippen molar-refractivity contribution in [3.05, 3.63) is 46.9 Å². The minimum absolute atomic E-state index is 0.156. The Morgan fingerprint density at radius 2 is 1.91 bits per heavy atom. The summed E-state index contributed by atoms with van der Waals surface area (Å²) in [7, 11) is 0. The number of carbonyl (C=O) groups is 3. The maximum atomic E-state index is 12.2. The number of hydrogen-bond acceptors (Lipinski definition) is 4. The van der Waals surface area contributed by atoms with E-state index in [9.17, 15) is 19.2 Å². The van der Waals surface area contributed by atoms with Crippen LogP contribution in [-0.2, 0) is 9.59 Å². The molecule has 0 saturated carbocycles. The molecule has 0 radical (unpaired) electrons. The second kappa shape index (κ2) is 5.44. The number of benzene rings is 1. The normalized spacial score (nSPS) is 18.1.